The molecule has 2 aromatic rings. The SMILES string of the molecule is NNC(=O)CCCCCSc1ncnc2ccccc12. The Kier molecular flexibility index (Phi) is 5.76. The summed E-state index contributed by atoms with van der Waals surface area (Å²) in [6, 6.07) is 8.02. The van der Waals surface area contributed by atoms with Gasteiger partial charge in [0.15, 0.2) is 0 Å². The number of hydrogen-bond acceptors (Lipinski definition) is 5. The number of carbonyl (C=O) groups is 1. The van der Waals surface area contributed by atoms with E-state index in [-0.39, 0.29) is 5.91 Å². The van der Waals surface area contributed by atoms with Crippen molar-refractivity contribution in [1.29, 1.82) is 0 Å². The molecule has 1 aromatic heterocycles. The topological polar surface area (TPSA) is 80.9 Å². The van der Waals surface area contributed by atoms with Gasteiger partial charge in [0.05, 0.1) is 5.52 Å². The van der Waals surface area contributed by atoms with Crippen LogP contribution < -0.4 is 11.3 Å². The second-order valence-corrected chi connectivity index (χ2v) is 5.51. The van der Waals surface area contributed by atoms with Gasteiger partial charge in [0.25, 0.3) is 0 Å². The predicted octanol–water partition coefficient (Wildman–Crippen LogP) is 2.27. The fourth-order valence-corrected chi connectivity index (χ4v) is 2.89. The maximum atomic E-state index is 11.0. The van der Waals surface area contributed by atoms with Gasteiger partial charge in [-0.05, 0) is 24.7 Å². The van der Waals surface area contributed by atoms with Gasteiger partial charge >= 0.3 is 0 Å². The van der Waals surface area contributed by atoms with Gasteiger partial charge in [-0.25, -0.2) is 15.8 Å². The van der Waals surface area contributed by atoms with Crippen molar-refractivity contribution in [2.75, 3.05) is 5.75 Å². The zero-order chi connectivity index (χ0) is 14.2. The van der Waals surface area contributed by atoms with E-state index in [2.05, 4.69) is 15.4 Å². The van der Waals surface area contributed by atoms with Crippen LogP contribution in [0.2, 0.25) is 0 Å². The summed E-state index contributed by atoms with van der Waals surface area (Å²) in [5.74, 6) is 5.92. The number of amides is 1. The van der Waals surface area contributed by atoms with Crippen LogP contribution in [-0.4, -0.2) is 21.6 Å². The Hall–Kier alpha value is -1.66. The van der Waals surface area contributed by atoms with Gasteiger partial charge in [-0.1, -0.05) is 24.6 Å². The van der Waals surface area contributed by atoms with Gasteiger partial charge in [-0.2, -0.15) is 0 Å². The Labute approximate surface area is 122 Å². The van der Waals surface area contributed by atoms with Crippen molar-refractivity contribution >= 4 is 28.6 Å². The van der Waals surface area contributed by atoms with E-state index in [4.69, 9.17) is 5.84 Å². The number of aromatic nitrogens is 2. The molecule has 3 N–H and O–H groups in total. The first-order valence-electron chi connectivity index (χ1n) is 6.63. The molecule has 1 heterocycles. The molecule has 0 aliphatic rings. The lowest BCUT2D eigenvalue weighted by Crippen LogP contribution is -2.29. The number of hydrogen-bond donors (Lipinski definition) is 2. The molecule has 0 aliphatic heterocycles. The smallest absolute Gasteiger partial charge is 0.233 e. The van der Waals surface area contributed by atoms with Crippen LogP contribution in [0.15, 0.2) is 35.6 Å². The summed E-state index contributed by atoms with van der Waals surface area (Å²) in [6.07, 6.45) is 5.05. The van der Waals surface area contributed by atoms with Crippen molar-refractivity contribution in [2.24, 2.45) is 5.84 Å². The molecule has 1 amide bonds. The number of unbranched alkanes of at least 4 members (excludes halogenated alkanes) is 2. The molecular formula is C14H18N4OS. The van der Waals surface area contributed by atoms with Crippen LogP contribution in [-0.2, 0) is 4.79 Å². The number of hydrazine groups is 1. The lowest BCUT2D eigenvalue weighted by Gasteiger charge is -2.04. The van der Waals surface area contributed by atoms with Gasteiger partial charge < -0.3 is 0 Å². The van der Waals surface area contributed by atoms with Crippen molar-refractivity contribution in [2.45, 2.75) is 30.7 Å². The first kappa shape index (κ1) is 14.7. The van der Waals surface area contributed by atoms with E-state index >= 15 is 0 Å². The molecule has 0 aliphatic carbocycles. The molecule has 0 saturated heterocycles. The van der Waals surface area contributed by atoms with Gasteiger partial charge in [-0.3, -0.25) is 10.2 Å². The highest BCUT2D eigenvalue weighted by molar-refractivity contribution is 7.99. The number of nitrogens with one attached hydrogen (secondary N) is 1. The van der Waals surface area contributed by atoms with Gasteiger partial charge in [0.1, 0.15) is 11.4 Å². The summed E-state index contributed by atoms with van der Waals surface area (Å²) in [5.41, 5.74) is 3.12. The van der Waals surface area contributed by atoms with E-state index in [1.165, 1.54) is 0 Å². The number of fused-ring (bicyclic) bond motifs is 1. The molecule has 2 rings (SSSR count). The Morgan fingerprint density at radius 3 is 2.90 bits per heavy atom. The van der Waals surface area contributed by atoms with Crippen LogP contribution in [0.25, 0.3) is 10.9 Å². The normalized spacial score (nSPS) is 10.7. The van der Waals surface area contributed by atoms with Crippen LogP contribution in [0.1, 0.15) is 25.7 Å². The third-order valence-corrected chi connectivity index (χ3v) is 4.05. The highest BCUT2D eigenvalue weighted by Gasteiger charge is 2.03. The number of nitrogens with two attached hydrogens (primary N) is 1. The highest BCUT2D eigenvalue weighted by Crippen LogP contribution is 2.25. The molecule has 0 saturated carbocycles. The molecule has 0 fully saturated rings. The standard InChI is InChI=1S/C14H18N4OS/c15-18-13(19)8-2-1-5-9-20-14-11-6-3-4-7-12(11)16-10-17-14/h3-4,6-7,10H,1-2,5,8-9,15H2,(H,18,19). The molecule has 1 aromatic carbocycles. The van der Waals surface area contributed by atoms with Gasteiger partial charge in [0, 0.05) is 11.8 Å². The van der Waals surface area contributed by atoms with E-state index in [1.807, 2.05) is 24.3 Å². The Balaban J connectivity index is 1.77. The summed E-state index contributed by atoms with van der Waals surface area (Å²) in [5, 5.41) is 2.12. The molecule has 5 nitrogen and oxygen atoms in total. The highest BCUT2D eigenvalue weighted by atomic mass is 32.2. The average Bonchev–Trinajstić information content (AvgIpc) is 2.50. The summed E-state index contributed by atoms with van der Waals surface area (Å²) in [7, 11) is 0. The van der Waals surface area contributed by atoms with E-state index in [0.29, 0.717) is 6.42 Å². The van der Waals surface area contributed by atoms with Gasteiger partial charge in [0.2, 0.25) is 5.91 Å². The summed E-state index contributed by atoms with van der Waals surface area (Å²) >= 11 is 1.74. The minimum Gasteiger partial charge on any atom is -0.294 e. The summed E-state index contributed by atoms with van der Waals surface area (Å²) < 4.78 is 0. The van der Waals surface area contributed by atoms with Crippen LogP contribution in [0, 0.1) is 0 Å². The third kappa shape index (κ3) is 4.18. The predicted molar refractivity (Wildman–Crippen MR) is 81.1 cm³/mol. The minimum absolute atomic E-state index is 0.0977. The Bertz CT molecular complexity index is 571. The summed E-state index contributed by atoms with van der Waals surface area (Å²) in [6.45, 7) is 0. The van der Waals surface area contributed by atoms with Crippen LogP contribution in [0.5, 0.6) is 0 Å². The number of para-hydroxylation sites is 1. The lowest BCUT2D eigenvalue weighted by molar-refractivity contribution is -0.121. The largest absolute Gasteiger partial charge is 0.294 e. The Morgan fingerprint density at radius 2 is 2.05 bits per heavy atom. The fraction of sp³-hybridized carbons (Fsp3) is 0.357. The molecule has 0 unspecified atom stereocenters. The quantitative estimate of drug-likeness (QED) is 0.204. The van der Waals surface area contributed by atoms with E-state index in [9.17, 15) is 4.79 Å². The number of carbonyl (C=O) groups excluding carboxylic acids is 1. The average molecular weight is 290 g/mol. The zero-order valence-corrected chi connectivity index (χ0v) is 12.0. The molecule has 6 heteroatoms. The maximum Gasteiger partial charge on any atom is 0.233 e. The molecular weight excluding hydrogens is 272 g/mol. The van der Waals surface area contributed by atoms with Gasteiger partial charge in [-0.15, -0.1) is 11.8 Å². The van der Waals surface area contributed by atoms with Crippen molar-refractivity contribution in [3.05, 3.63) is 30.6 Å². The maximum absolute atomic E-state index is 11.0. The Morgan fingerprint density at radius 1 is 1.20 bits per heavy atom. The van der Waals surface area contributed by atoms with Crippen LogP contribution >= 0.6 is 11.8 Å². The molecule has 20 heavy (non-hydrogen) atoms. The van der Waals surface area contributed by atoms with Crippen molar-refractivity contribution in [3.8, 4) is 0 Å². The van der Waals surface area contributed by atoms with E-state index in [1.54, 1.807) is 18.1 Å². The number of benzene rings is 1. The van der Waals surface area contributed by atoms with E-state index < -0.39 is 0 Å². The van der Waals surface area contributed by atoms with Crippen molar-refractivity contribution < 1.29 is 4.79 Å². The second-order valence-electron chi connectivity index (χ2n) is 4.42. The second kappa shape index (κ2) is 7.81. The molecule has 0 spiro atoms. The van der Waals surface area contributed by atoms with Crippen LogP contribution in [0.3, 0.4) is 0 Å². The minimum atomic E-state index is -0.0977. The third-order valence-electron chi connectivity index (χ3n) is 2.95. The number of nitrogens with zero attached hydrogens (tertiary/aromatic N) is 2. The summed E-state index contributed by atoms with van der Waals surface area (Å²) in [4.78, 5) is 19.5. The number of rotatable bonds is 7. The lowest BCUT2D eigenvalue weighted by atomic mass is 10.2. The molecule has 0 radical (unpaired) electrons. The molecule has 0 bridgehead atoms. The first-order valence-corrected chi connectivity index (χ1v) is 7.62. The van der Waals surface area contributed by atoms with Crippen molar-refractivity contribution in [3.63, 3.8) is 0 Å². The molecule has 0 atom stereocenters. The van der Waals surface area contributed by atoms with Crippen molar-refractivity contribution in [1.82, 2.24) is 15.4 Å². The zero-order valence-electron chi connectivity index (χ0n) is 11.2. The monoisotopic (exact) mass is 290 g/mol. The van der Waals surface area contributed by atoms with E-state index in [0.717, 1.165) is 40.9 Å². The molecule has 106 valence electrons. The van der Waals surface area contributed by atoms with Crippen LogP contribution in [0.4, 0.5) is 0 Å². The number of thioether (sulfide) groups is 1. The first-order chi connectivity index (χ1) is 9.81. The fourth-order valence-electron chi connectivity index (χ4n) is 1.90.